The zero-order chi connectivity index (χ0) is 15.6. The molecule has 0 aliphatic carbocycles. The van der Waals surface area contributed by atoms with Crippen molar-refractivity contribution in [2.24, 2.45) is 0 Å². The van der Waals surface area contributed by atoms with E-state index >= 15 is 0 Å². The van der Waals surface area contributed by atoms with Crippen LogP contribution in [0.3, 0.4) is 0 Å². The van der Waals surface area contributed by atoms with Crippen LogP contribution >= 0.6 is 0 Å². The zero-order valence-electron chi connectivity index (χ0n) is 12.2. The van der Waals surface area contributed by atoms with Crippen molar-refractivity contribution in [1.29, 1.82) is 0 Å². The molecule has 1 N–H and O–H groups in total. The number of amides is 1. The maximum atomic E-state index is 12.3. The summed E-state index contributed by atoms with van der Waals surface area (Å²) in [7, 11) is 1.70. The number of hydrogen-bond acceptors (Lipinski definition) is 3. The average molecular weight is 287 g/mol. The summed E-state index contributed by atoms with van der Waals surface area (Å²) in [5, 5.41) is 8.85. The lowest BCUT2D eigenvalue weighted by molar-refractivity contribution is 0.0695. The first-order valence-corrected chi connectivity index (χ1v) is 6.53. The number of hydrogen-bond donors (Lipinski definition) is 1. The number of carbonyl (C=O) groups is 2. The molecule has 21 heavy (non-hydrogen) atoms. The fraction of sp³-hybridized carbons (Fsp3) is 0.250. The Morgan fingerprint density at radius 3 is 2.29 bits per heavy atom. The van der Waals surface area contributed by atoms with E-state index < -0.39 is 5.97 Å². The van der Waals surface area contributed by atoms with Crippen LogP contribution in [0, 0.1) is 13.8 Å². The summed E-state index contributed by atoms with van der Waals surface area (Å²) >= 11 is 0. The highest BCUT2D eigenvalue weighted by molar-refractivity contribution is 5.95. The number of carbonyl (C=O) groups excluding carboxylic acids is 1. The van der Waals surface area contributed by atoms with Gasteiger partial charge in [0.05, 0.1) is 11.1 Å². The number of furan rings is 1. The van der Waals surface area contributed by atoms with Gasteiger partial charge in [0.15, 0.2) is 0 Å². The van der Waals surface area contributed by atoms with E-state index in [0.717, 1.165) is 5.56 Å². The molecule has 0 aliphatic rings. The van der Waals surface area contributed by atoms with Crippen LogP contribution < -0.4 is 0 Å². The van der Waals surface area contributed by atoms with Gasteiger partial charge in [0.25, 0.3) is 5.91 Å². The van der Waals surface area contributed by atoms with Crippen molar-refractivity contribution >= 4 is 11.9 Å². The molecule has 0 atom stereocenters. The molecule has 2 rings (SSSR count). The number of carboxylic acid groups (broad SMARTS) is 1. The van der Waals surface area contributed by atoms with Crippen LogP contribution in [0.25, 0.3) is 0 Å². The summed E-state index contributed by atoms with van der Waals surface area (Å²) in [6, 6.07) is 8.20. The zero-order valence-corrected chi connectivity index (χ0v) is 12.2. The number of nitrogens with zero attached hydrogens (tertiary/aromatic N) is 1. The number of aryl methyl sites for hydroxylation is 2. The largest absolute Gasteiger partial charge is 0.478 e. The number of carboxylic acids is 1. The van der Waals surface area contributed by atoms with Gasteiger partial charge in [0, 0.05) is 13.6 Å². The van der Waals surface area contributed by atoms with E-state index in [1.165, 1.54) is 12.1 Å². The maximum absolute atomic E-state index is 12.3. The van der Waals surface area contributed by atoms with Crippen molar-refractivity contribution in [3.63, 3.8) is 0 Å². The van der Waals surface area contributed by atoms with Gasteiger partial charge >= 0.3 is 5.97 Å². The van der Waals surface area contributed by atoms with Gasteiger partial charge in [-0.2, -0.15) is 0 Å². The molecular formula is C16H17NO4. The Hall–Kier alpha value is -2.56. The lowest BCUT2D eigenvalue weighted by atomic mass is 10.1. The number of benzene rings is 1. The first-order chi connectivity index (χ1) is 9.88. The topological polar surface area (TPSA) is 70.8 Å². The van der Waals surface area contributed by atoms with E-state index in [1.807, 2.05) is 0 Å². The Balaban J connectivity index is 2.10. The maximum Gasteiger partial charge on any atom is 0.335 e. The van der Waals surface area contributed by atoms with Crippen molar-refractivity contribution in [3.05, 3.63) is 58.5 Å². The molecule has 1 heterocycles. The van der Waals surface area contributed by atoms with E-state index in [9.17, 15) is 9.59 Å². The fourth-order valence-electron chi connectivity index (χ4n) is 2.15. The molecule has 5 nitrogen and oxygen atoms in total. The molecule has 1 amide bonds. The third kappa shape index (κ3) is 3.31. The van der Waals surface area contributed by atoms with Gasteiger partial charge in [0.1, 0.15) is 11.5 Å². The summed E-state index contributed by atoms with van der Waals surface area (Å²) in [5.41, 5.74) is 1.65. The number of rotatable bonds is 4. The van der Waals surface area contributed by atoms with E-state index in [2.05, 4.69) is 0 Å². The summed E-state index contributed by atoms with van der Waals surface area (Å²) < 4.78 is 5.37. The van der Waals surface area contributed by atoms with Crippen molar-refractivity contribution in [3.8, 4) is 0 Å². The highest BCUT2D eigenvalue weighted by Crippen LogP contribution is 2.17. The minimum Gasteiger partial charge on any atom is -0.478 e. The van der Waals surface area contributed by atoms with Crippen molar-refractivity contribution in [1.82, 2.24) is 4.90 Å². The molecule has 0 saturated heterocycles. The number of aromatic carboxylic acids is 1. The third-order valence-electron chi connectivity index (χ3n) is 3.24. The molecule has 0 bridgehead atoms. The molecule has 1 aromatic carbocycles. The molecule has 2 aromatic rings. The van der Waals surface area contributed by atoms with Crippen LogP contribution in [0.5, 0.6) is 0 Å². The summed E-state index contributed by atoms with van der Waals surface area (Å²) in [5.74, 6) is 0.225. The predicted octanol–water partition coefficient (Wildman–Crippen LogP) is 2.87. The summed E-state index contributed by atoms with van der Waals surface area (Å²) in [4.78, 5) is 24.7. The first kappa shape index (κ1) is 14.8. The average Bonchev–Trinajstić information content (AvgIpc) is 2.77. The standard InChI is InChI=1S/C16H17NO4/c1-10-8-14(11(2)21-10)15(18)17(3)9-12-4-6-13(7-5-12)16(19)20/h4-8H,9H2,1-3H3,(H,19,20). The quantitative estimate of drug-likeness (QED) is 0.938. The second-order valence-corrected chi connectivity index (χ2v) is 4.99. The van der Waals surface area contributed by atoms with Gasteiger partial charge in [-0.3, -0.25) is 4.79 Å². The van der Waals surface area contributed by atoms with Crippen molar-refractivity contribution in [2.75, 3.05) is 7.05 Å². The molecule has 0 fully saturated rings. The minimum atomic E-state index is -0.963. The van der Waals surface area contributed by atoms with E-state index in [1.54, 1.807) is 44.0 Å². The van der Waals surface area contributed by atoms with Gasteiger partial charge < -0.3 is 14.4 Å². The Labute approximate surface area is 122 Å². The van der Waals surface area contributed by atoms with Crippen LogP contribution in [0.1, 0.15) is 37.8 Å². The molecule has 0 saturated carbocycles. The molecule has 110 valence electrons. The fourth-order valence-corrected chi connectivity index (χ4v) is 2.15. The van der Waals surface area contributed by atoms with Crippen molar-refractivity contribution < 1.29 is 19.1 Å². The molecule has 1 aromatic heterocycles. The van der Waals surface area contributed by atoms with Gasteiger partial charge in [-0.25, -0.2) is 4.79 Å². The SMILES string of the molecule is Cc1cc(C(=O)N(C)Cc2ccc(C(=O)O)cc2)c(C)o1. The molecule has 0 aliphatic heterocycles. The van der Waals surface area contributed by atoms with Gasteiger partial charge in [-0.05, 0) is 37.6 Å². The van der Waals surface area contributed by atoms with Gasteiger partial charge in [-0.1, -0.05) is 12.1 Å². The monoisotopic (exact) mass is 287 g/mol. The molecule has 5 heteroatoms. The van der Waals surface area contributed by atoms with Crippen LogP contribution in [0.4, 0.5) is 0 Å². The minimum absolute atomic E-state index is 0.119. The lowest BCUT2D eigenvalue weighted by Gasteiger charge is -2.17. The molecule has 0 unspecified atom stereocenters. The van der Waals surface area contributed by atoms with Crippen molar-refractivity contribution in [2.45, 2.75) is 20.4 Å². The molecule has 0 radical (unpaired) electrons. The molecular weight excluding hydrogens is 270 g/mol. The van der Waals surface area contributed by atoms with Crippen LogP contribution in [0.2, 0.25) is 0 Å². The first-order valence-electron chi connectivity index (χ1n) is 6.53. The highest BCUT2D eigenvalue weighted by atomic mass is 16.4. The van der Waals surface area contributed by atoms with Gasteiger partial charge in [-0.15, -0.1) is 0 Å². The smallest absolute Gasteiger partial charge is 0.335 e. The Morgan fingerprint density at radius 2 is 1.81 bits per heavy atom. The third-order valence-corrected chi connectivity index (χ3v) is 3.24. The Kier molecular flexibility index (Phi) is 4.12. The van der Waals surface area contributed by atoms with Crippen LogP contribution in [0.15, 0.2) is 34.7 Å². The normalized spacial score (nSPS) is 10.4. The van der Waals surface area contributed by atoms with E-state index in [-0.39, 0.29) is 11.5 Å². The van der Waals surface area contributed by atoms with E-state index in [0.29, 0.717) is 23.6 Å². The second kappa shape index (κ2) is 5.83. The second-order valence-electron chi connectivity index (χ2n) is 4.99. The van der Waals surface area contributed by atoms with Gasteiger partial charge in [0.2, 0.25) is 0 Å². The van der Waals surface area contributed by atoms with Crippen LogP contribution in [-0.4, -0.2) is 28.9 Å². The summed E-state index contributed by atoms with van der Waals surface area (Å²) in [6.07, 6.45) is 0. The Bertz CT molecular complexity index is 670. The lowest BCUT2D eigenvalue weighted by Crippen LogP contribution is -2.26. The summed E-state index contributed by atoms with van der Waals surface area (Å²) in [6.45, 7) is 3.96. The van der Waals surface area contributed by atoms with Crippen LogP contribution in [-0.2, 0) is 6.54 Å². The predicted molar refractivity (Wildman–Crippen MR) is 77.4 cm³/mol. The van der Waals surface area contributed by atoms with E-state index in [4.69, 9.17) is 9.52 Å². The Morgan fingerprint density at radius 1 is 1.19 bits per heavy atom. The molecule has 0 spiro atoms. The highest BCUT2D eigenvalue weighted by Gasteiger charge is 2.17.